The zero-order valence-corrected chi connectivity index (χ0v) is 24.9. The number of nitrogen functional groups attached to an aromatic ring is 1. The van der Waals surface area contributed by atoms with Crippen molar-refractivity contribution in [1.82, 2.24) is 20.2 Å². The van der Waals surface area contributed by atoms with Crippen LogP contribution in [0.5, 0.6) is 0 Å². The topological polar surface area (TPSA) is 164 Å². The van der Waals surface area contributed by atoms with Crippen molar-refractivity contribution < 1.29 is 27.5 Å². The van der Waals surface area contributed by atoms with Crippen molar-refractivity contribution in [3.05, 3.63) is 112 Å². The molecule has 2 amide bonds. The van der Waals surface area contributed by atoms with Crippen LogP contribution in [0.4, 0.5) is 29.5 Å². The van der Waals surface area contributed by atoms with Crippen LogP contribution in [0.15, 0.2) is 83.8 Å². The van der Waals surface area contributed by atoms with E-state index in [2.05, 4.69) is 20.9 Å². The van der Waals surface area contributed by atoms with E-state index < -0.39 is 35.8 Å². The van der Waals surface area contributed by atoms with E-state index in [1.807, 2.05) is 18.2 Å². The van der Waals surface area contributed by atoms with Crippen LogP contribution in [-0.2, 0) is 35.4 Å². The largest absolute Gasteiger partial charge is 0.444 e. The van der Waals surface area contributed by atoms with Crippen molar-refractivity contribution in [1.29, 1.82) is 5.41 Å². The number of carbonyl (C=O) groups excluding carboxylic acids is 2. The molecule has 0 radical (unpaired) electrons. The quantitative estimate of drug-likeness (QED) is 0.0940. The Morgan fingerprint density at radius 3 is 2.37 bits per heavy atom. The minimum atomic E-state index is -4.69. The van der Waals surface area contributed by atoms with Gasteiger partial charge in [-0.3, -0.25) is 24.9 Å². The molecule has 0 saturated heterocycles. The first kappa shape index (κ1) is 33.2. The first-order valence-electron chi connectivity index (χ1n) is 14.1. The molecule has 0 saturated carbocycles. The van der Waals surface area contributed by atoms with Crippen LogP contribution in [0, 0.1) is 5.41 Å². The number of anilines is 2. The highest BCUT2D eigenvalue weighted by atomic mass is 19.4. The smallest absolute Gasteiger partial charge is 0.416 e. The molecule has 46 heavy (non-hydrogen) atoms. The van der Waals surface area contributed by atoms with Crippen LogP contribution in [0.25, 0.3) is 11.3 Å². The number of halogens is 3. The number of amidine groups is 1. The van der Waals surface area contributed by atoms with E-state index in [1.54, 1.807) is 50.2 Å². The summed E-state index contributed by atoms with van der Waals surface area (Å²) in [6, 6.07) is 18.2. The number of benzene rings is 3. The second kappa shape index (κ2) is 14.4. The van der Waals surface area contributed by atoms with Gasteiger partial charge >= 0.3 is 12.3 Å². The average Bonchev–Trinajstić information content (AvgIpc) is 3.01. The second-order valence-electron chi connectivity index (χ2n) is 10.6. The lowest BCUT2D eigenvalue weighted by Crippen LogP contribution is -2.35. The Bertz CT molecular complexity index is 1770. The molecule has 240 valence electrons. The Morgan fingerprint density at radius 2 is 1.72 bits per heavy atom. The van der Waals surface area contributed by atoms with Gasteiger partial charge in [0.1, 0.15) is 19.0 Å². The Balaban J connectivity index is 1.43. The zero-order chi connectivity index (χ0) is 33.4. The number of aromatic nitrogens is 2. The van der Waals surface area contributed by atoms with Gasteiger partial charge in [-0.2, -0.15) is 13.2 Å². The molecular formula is C32H32F3N7O4. The molecule has 0 aliphatic heterocycles. The number of ether oxygens (including phenoxy) is 1. The fourth-order valence-corrected chi connectivity index (χ4v) is 4.33. The van der Waals surface area contributed by atoms with Crippen molar-refractivity contribution >= 4 is 29.3 Å². The summed E-state index contributed by atoms with van der Waals surface area (Å²) < 4.78 is 46.6. The van der Waals surface area contributed by atoms with Crippen molar-refractivity contribution in [3.8, 4) is 11.3 Å². The summed E-state index contributed by atoms with van der Waals surface area (Å²) >= 11 is 0. The minimum Gasteiger partial charge on any atom is -0.444 e. The third kappa shape index (κ3) is 8.94. The molecule has 0 atom stereocenters. The average molecular weight is 636 g/mol. The number of amides is 2. The van der Waals surface area contributed by atoms with Crippen molar-refractivity contribution in [2.24, 2.45) is 0 Å². The number of rotatable bonds is 10. The first-order chi connectivity index (χ1) is 21.8. The normalized spacial score (nSPS) is 11.2. The molecule has 1 heterocycles. The highest BCUT2D eigenvalue weighted by Gasteiger charge is 2.31. The predicted octanol–water partition coefficient (Wildman–Crippen LogP) is 4.90. The number of carbonyl (C=O) groups is 2. The zero-order valence-electron chi connectivity index (χ0n) is 24.9. The maximum absolute atomic E-state index is 13.5. The molecule has 3 aromatic carbocycles. The first-order valence-corrected chi connectivity index (χ1v) is 14.1. The molecule has 14 heteroatoms. The minimum absolute atomic E-state index is 0.0232. The number of hydrogen-bond acceptors (Lipinski definition) is 8. The molecule has 4 rings (SSSR count). The van der Waals surface area contributed by atoms with Gasteiger partial charge in [0.2, 0.25) is 5.91 Å². The summed E-state index contributed by atoms with van der Waals surface area (Å²) in [6.45, 7) is 3.13. The molecule has 0 bridgehead atoms. The lowest BCUT2D eigenvalue weighted by molar-refractivity contribution is -0.137. The Kier molecular flexibility index (Phi) is 10.4. The highest BCUT2D eigenvalue weighted by Crippen LogP contribution is 2.34. The van der Waals surface area contributed by atoms with E-state index in [4.69, 9.17) is 15.9 Å². The summed E-state index contributed by atoms with van der Waals surface area (Å²) in [7, 11) is 0. The van der Waals surface area contributed by atoms with Gasteiger partial charge < -0.3 is 21.1 Å². The maximum atomic E-state index is 13.5. The van der Waals surface area contributed by atoms with E-state index in [0.717, 1.165) is 22.3 Å². The van der Waals surface area contributed by atoms with Crippen LogP contribution in [-0.4, -0.2) is 33.4 Å². The van der Waals surface area contributed by atoms with Gasteiger partial charge in [-0.25, -0.2) is 9.78 Å². The maximum Gasteiger partial charge on any atom is 0.416 e. The molecule has 0 aliphatic carbocycles. The van der Waals surface area contributed by atoms with Crippen LogP contribution in [0.3, 0.4) is 0 Å². The van der Waals surface area contributed by atoms with Gasteiger partial charge in [-0.05, 0) is 43.2 Å². The lowest BCUT2D eigenvalue weighted by atomic mass is 10.1. The van der Waals surface area contributed by atoms with E-state index in [0.29, 0.717) is 11.1 Å². The van der Waals surface area contributed by atoms with Crippen molar-refractivity contribution in [2.75, 3.05) is 11.1 Å². The summed E-state index contributed by atoms with van der Waals surface area (Å²) in [5.41, 5.74) is 5.64. The van der Waals surface area contributed by atoms with Gasteiger partial charge in [0.15, 0.2) is 5.82 Å². The SMILES string of the molecule is CC(C)Nc1ncc(-c2cc(N)cc(C(F)(F)F)c2)n(CC(=O)NCc2ccc(C(=N)NC(=O)OCc3ccccc3)cc2)c1=O. The van der Waals surface area contributed by atoms with Gasteiger partial charge in [0.05, 0.1) is 17.5 Å². The van der Waals surface area contributed by atoms with Gasteiger partial charge in [0, 0.05) is 29.4 Å². The number of alkyl halides is 3. The molecule has 6 N–H and O–H groups in total. The second-order valence-corrected chi connectivity index (χ2v) is 10.6. The molecule has 0 aliphatic rings. The lowest BCUT2D eigenvalue weighted by Gasteiger charge is -2.17. The Hall–Kier alpha value is -5.66. The van der Waals surface area contributed by atoms with E-state index >= 15 is 0 Å². The molecule has 4 aromatic rings. The molecule has 0 fully saturated rings. The summed E-state index contributed by atoms with van der Waals surface area (Å²) in [6.07, 6.45) is -4.25. The summed E-state index contributed by atoms with van der Waals surface area (Å²) in [5.74, 6) is -0.842. The highest BCUT2D eigenvalue weighted by molar-refractivity contribution is 6.04. The van der Waals surface area contributed by atoms with Crippen LogP contribution in [0.2, 0.25) is 0 Å². The van der Waals surface area contributed by atoms with Gasteiger partial charge in [-0.15, -0.1) is 0 Å². The number of alkyl carbamates (subject to hydrolysis) is 1. The van der Waals surface area contributed by atoms with Crippen LogP contribution >= 0.6 is 0 Å². The van der Waals surface area contributed by atoms with Gasteiger partial charge in [0.25, 0.3) is 5.56 Å². The third-order valence-corrected chi connectivity index (χ3v) is 6.53. The molecule has 11 nitrogen and oxygen atoms in total. The monoisotopic (exact) mass is 635 g/mol. The number of nitrogens with zero attached hydrogens (tertiary/aromatic N) is 2. The summed E-state index contributed by atoms with van der Waals surface area (Å²) in [4.78, 5) is 42.5. The fraction of sp³-hybridized carbons (Fsp3) is 0.219. The third-order valence-electron chi connectivity index (χ3n) is 6.53. The van der Waals surface area contributed by atoms with Gasteiger partial charge in [-0.1, -0.05) is 54.6 Å². The number of nitrogens with two attached hydrogens (primary N) is 1. The molecule has 1 aromatic heterocycles. The molecular weight excluding hydrogens is 603 g/mol. The Morgan fingerprint density at radius 1 is 1.02 bits per heavy atom. The molecule has 0 unspecified atom stereocenters. The number of hydrogen-bond donors (Lipinski definition) is 5. The van der Waals surface area contributed by atoms with E-state index in [1.165, 1.54) is 12.3 Å². The molecule has 0 spiro atoms. The summed E-state index contributed by atoms with van der Waals surface area (Å²) in [5, 5.41) is 16.1. The van der Waals surface area contributed by atoms with Crippen LogP contribution in [0.1, 0.15) is 36.1 Å². The van der Waals surface area contributed by atoms with Crippen LogP contribution < -0.4 is 27.2 Å². The Labute approximate surface area is 262 Å². The van der Waals surface area contributed by atoms with E-state index in [-0.39, 0.29) is 47.8 Å². The fourth-order valence-electron chi connectivity index (χ4n) is 4.33. The van der Waals surface area contributed by atoms with Crippen molar-refractivity contribution in [3.63, 3.8) is 0 Å². The predicted molar refractivity (Wildman–Crippen MR) is 167 cm³/mol. The number of nitrogens with one attached hydrogen (secondary N) is 4. The van der Waals surface area contributed by atoms with Crippen molar-refractivity contribution in [2.45, 2.75) is 45.8 Å². The standard InChI is InChI=1S/C32H32F3N7O4/c1-19(2)40-29-30(44)42(26(16-39-29)23-12-24(32(33,34)35)14-25(36)13-23)17-27(43)38-15-20-8-10-22(11-9-20)28(37)41-31(45)46-18-21-6-4-3-5-7-21/h3-14,16,19H,15,17-18,36H2,1-2H3,(H,38,43)(H,39,40)(H2,37,41,45). The van der Waals surface area contributed by atoms with E-state index in [9.17, 15) is 27.6 Å².